The molecule has 1 aromatic carbocycles. The van der Waals surface area contributed by atoms with Gasteiger partial charge in [0.2, 0.25) is 6.79 Å². The second-order valence-electron chi connectivity index (χ2n) is 5.64. The van der Waals surface area contributed by atoms with E-state index in [2.05, 4.69) is 10.3 Å². The summed E-state index contributed by atoms with van der Waals surface area (Å²) < 4.78 is 10.9. The summed E-state index contributed by atoms with van der Waals surface area (Å²) in [5, 5.41) is 5.84. The van der Waals surface area contributed by atoms with Gasteiger partial charge in [0.25, 0.3) is 0 Å². The van der Waals surface area contributed by atoms with Gasteiger partial charge in [-0.1, -0.05) is 12.8 Å². The first-order chi connectivity index (χ1) is 10.3. The Balaban J connectivity index is 1.71. The van der Waals surface area contributed by atoms with Crippen molar-refractivity contribution < 1.29 is 9.47 Å². The van der Waals surface area contributed by atoms with Crippen molar-refractivity contribution in [2.24, 2.45) is 0 Å². The third kappa shape index (κ3) is 2.38. The summed E-state index contributed by atoms with van der Waals surface area (Å²) >= 11 is 6.44. The summed E-state index contributed by atoms with van der Waals surface area (Å²) in [5.41, 5.74) is 0. The van der Waals surface area contributed by atoms with Gasteiger partial charge in [0, 0.05) is 17.6 Å². The average molecular weight is 305 g/mol. The molecule has 4 rings (SSSR count). The van der Waals surface area contributed by atoms with E-state index in [1.54, 1.807) is 0 Å². The van der Waals surface area contributed by atoms with Gasteiger partial charge in [-0.05, 0) is 36.4 Å². The number of hydrogen-bond acceptors (Lipinski definition) is 4. The second-order valence-corrected chi connectivity index (χ2v) is 6.20. The molecule has 1 N–H and O–H groups in total. The molecule has 2 aromatic rings. The largest absolute Gasteiger partial charge is 0.454 e. The number of anilines is 1. The van der Waals surface area contributed by atoms with Crippen LogP contribution < -0.4 is 14.8 Å². The van der Waals surface area contributed by atoms with Crippen molar-refractivity contribution in [1.29, 1.82) is 0 Å². The van der Waals surface area contributed by atoms with Crippen LogP contribution in [0.4, 0.5) is 5.82 Å². The lowest BCUT2D eigenvalue weighted by Gasteiger charge is -2.28. The van der Waals surface area contributed by atoms with Crippen LogP contribution >= 0.6 is 11.6 Å². The number of rotatable bonds is 2. The first kappa shape index (κ1) is 13.0. The van der Waals surface area contributed by atoms with E-state index in [9.17, 15) is 0 Å². The van der Waals surface area contributed by atoms with Crippen molar-refractivity contribution in [3.05, 3.63) is 24.4 Å². The van der Waals surface area contributed by atoms with Crippen LogP contribution in [0.5, 0.6) is 11.5 Å². The van der Waals surface area contributed by atoms with Gasteiger partial charge in [0.05, 0.1) is 5.38 Å². The van der Waals surface area contributed by atoms with Crippen LogP contribution in [0.25, 0.3) is 10.8 Å². The van der Waals surface area contributed by atoms with E-state index in [1.807, 2.05) is 24.4 Å². The number of aromatic nitrogens is 1. The van der Waals surface area contributed by atoms with E-state index >= 15 is 0 Å². The molecule has 1 aliphatic heterocycles. The van der Waals surface area contributed by atoms with Gasteiger partial charge in [-0.25, -0.2) is 4.98 Å². The van der Waals surface area contributed by atoms with Crippen LogP contribution in [0.2, 0.25) is 0 Å². The van der Waals surface area contributed by atoms with Crippen LogP contribution in [-0.4, -0.2) is 23.2 Å². The highest BCUT2D eigenvalue weighted by atomic mass is 35.5. The molecule has 1 saturated carbocycles. The fourth-order valence-electron chi connectivity index (χ4n) is 3.10. The molecule has 1 fully saturated rings. The fourth-order valence-corrected chi connectivity index (χ4v) is 3.44. The molecule has 1 aromatic heterocycles. The Labute approximate surface area is 128 Å². The Bertz CT molecular complexity index is 677. The van der Waals surface area contributed by atoms with Crippen LogP contribution in [0, 0.1) is 0 Å². The van der Waals surface area contributed by atoms with Crippen molar-refractivity contribution in [3.63, 3.8) is 0 Å². The highest BCUT2D eigenvalue weighted by molar-refractivity contribution is 6.21. The number of pyridine rings is 1. The predicted molar refractivity (Wildman–Crippen MR) is 83.4 cm³/mol. The lowest BCUT2D eigenvalue weighted by atomic mass is 9.95. The minimum Gasteiger partial charge on any atom is -0.454 e. The molecule has 5 heteroatoms. The first-order valence-corrected chi connectivity index (χ1v) is 7.84. The van der Waals surface area contributed by atoms with Crippen molar-refractivity contribution in [3.8, 4) is 11.5 Å². The van der Waals surface area contributed by atoms with Crippen LogP contribution in [0.3, 0.4) is 0 Å². The summed E-state index contributed by atoms with van der Waals surface area (Å²) in [4.78, 5) is 4.49. The summed E-state index contributed by atoms with van der Waals surface area (Å²) in [7, 11) is 0. The van der Waals surface area contributed by atoms with Crippen LogP contribution in [0.15, 0.2) is 24.4 Å². The van der Waals surface area contributed by atoms with E-state index in [4.69, 9.17) is 21.1 Å². The number of hydrogen-bond donors (Lipinski definition) is 1. The third-order valence-electron chi connectivity index (χ3n) is 4.26. The van der Waals surface area contributed by atoms with E-state index in [1.165, 1.54) is 12.8 Å². The molecule has 0 radical (unpaired) electrons. The molecule has 2 atom stereocenters. The number of ether oxygens (including phenoxy) is 2. The Morgan fingerprint density at radius 3 is 2.81 bits per heavy atom. The second kappa shape index (κ2) is 5.26. The SMILES string of the molecule is ClC1CCCCC1Nc1nccc2cc3c(cc12)OCO3. The zero-order valence-corrected chi connectivity index (χ0v) is 12.4. The lowest BCUT2D eigenvalue weighted by Crippen LogP contribution is -2.33. The zero-order chi connectivity index (χ0) is 14.2. The highest BCUT2D eigenvalue weighted by Gasteiger charge is 2.24. The molecule has 0 amide bonds. The van der Waals surface area contributed by atoms with Crippen LogP contribution in [-0.2, 0) is 0 Å². The van der Waals surface area contributed by atoms with Gasteiger partial charge in [-0.2, -0.15) is 0 Å². The summed E-state index contributed by atoms with van der Waals surface area (Å²) in [6.45, 7) is 0.286. The monoisotopic (exact) mass is 304 g/mol. The minimum absolute atomic E-state index is 0.171. The highest BCUT2D eigenvalue weighted by Crippen LogP contribution is 2.38. The maximum atomic E-state index is 6.44. The van der Waals surface area contributed by atoms with E-state index < -0.39 is 0 Å². The average Bonchev–Trinajstić information content (AvgIpc) is 2.95. The maximum Gasteiger partial charge on any atom is 0.231 e. The van der Waals surface area contributed by atoms with Gasteiger partial charge < -0.3 is 14.8 Å². The molecule has 0 bridgehead atoms. The van der Waals surface area contributed by atoms with Crippen molar-refractivity contribution >= 4 is 28.2 Å². The molecule has 2 heterocycles. The van der Waals surface area contributed by atoms with Gasteiger partial charge >= 0.3 is 0 Å². The molecular formula is C16H17ClN2O2. The number of halogens is 1. The fraction of sp³-hybridized carbons (Fsp3) is 0.438. The first-order valence-electron chi connectivity index (χ1n) is 7.40. The third-order valence-corrected chi connectivity index (χ3v) is 4.78. The molecule has 0 spiro atoms. The van der Waals surface area contributed by atoms with Gasteiger partial charge in [0.15, 0.2) is 11.5 Å². The van der Waals surface area contributed by atoms with Crippen molar-refractivity contribution in [1.82, 2.24) is 4.98 Å². The molecule has 2 unspecified atom stereocenters. The molecule has 110 valence electrons. The molecular weight excluding hydrogens is 288 g/mol. The maximum absolute atomic E-state index is 6.44. The number of alkyl halides is 1. The Kier molecular flexibility index (Phi) is 3.26. The summed E-state index contributed by atoms with van der Waals surface area (Å²) in [6, 6.07) is 6.27. The zero-order valence-electron chi connectivity index (χ0n) is 11.6. The van der Waals surface area contributed by atoms with Gasteiger partial charge in [-0.15, -0.1) is 11.6 Å². The Morgan fingerprint density at radius 1 is 1.14 bits per heavy atom. The van der Waals surface area contributed by atoms with Crippen molar-refractivity contribution in [2.45, 2.75) is 37.1 Å². The number of benzene rings is 1. The quantitative estimate of drug-likeness (QED) is 0.854. The Hall–Kier alpha value is -1.68. The van der Waals surface area contributed by atoms with E-state index in [0.29, 0.717) is 0 Å². The van der Waals surface area contributed by atoms with E-state index in [-0.39, 0.29) is 18.2 Å². The normalized spacial score (nSPS) is 24.2. The smallest absolute Gasteiger partial charge is 0.231 e. The molecule has 4 nitrogen and oxygen atoms in total. The van der Waals surface area contributed by atoms with E-state index in [0.717, 1.165) is 40.9 Å². The molecule has 21 heavy (non-hydrogen) atoms. The number of fused-ring (bicyclic) bond motifs is 2. The van der Waals surface area contributed by atoms with Crippen molar-refractivity contribution in [2.75, 3.05) is 12.1 Å². The number of nitrogens with zero attached hydrogens (tertiary/aromatic N) is 1. The topological polar surface area (TPSA) is 43.4 Å². The predicted octanol–water partition coefficient (Wildman–Crippen LogP) is 3.93. The van der Waals surface area contributed by atoms with Gasteiger partial charge in [-0.3, -0.25) is 0 Å². The lowest BCUT2D eigenvalue weighted by molar-refractivity contribution is 0.174. The standard InChI is InChI=1S/C16H17ClN2O2/c17-12-3-1-2-4-13(12)19-16-11-8-15-14(20-9-21-15)7-10(11)5-6-18-16/h5-8,12-13H,1-4,9H2,(H,18,19). The van der Waals surface area contributed by atoms with Gasteiger partial charge in [0.1, 0.15) is 5.82 Å². The summed E-state index contributed by atoms with van der Waals surface area (Å²) in [6.07, 6.45) is 6.41. The molecule has 2 aliphatic rings. The Morgan fingerprint density at radius 2 is 1.95 bits per heavy atom. The molecule has 0 saturated heterocycles. The summed E-state index contributed by atoms with van der Waals surface area (Å²) in [5.74, 6) is 2.46. The molecule has 1 aliphatic carbocycles. The number of nitrogens with one attached hydrogen (secondary N) is 1. The minimum atomic E-state index is 0.171. The van der Waals surface area contributed by atoms with Crippen LogP contribution in [0.1, 0.15) is 25.7 Å².